The SMILES string of the molecule is COc1cc(C)ccc1OCCC(=O)N1CCOC(C(=O)O)C1. The van der Waals surface area contributed by atoms with Crippen LogP contribution in [0, 0.1) is 6.92 Å². The maximum atomic E-state index is 12.1. The summed E-state index contributed by atoms with van der Waals surface area (Å²) < 4.78 is 15.9. The average Bonchev–Trinajstić information content (AvgIpc) is 2.56. The van der Waals surface area contributed by atoms with Crippen LogP contribution in [0.15, 0.2) is 18.2 Å². The van der Waals surface area contributed by atoms with E-state index in [2.05, 4.69) is 0 Å². The molecule has 0 radical (unpaired) electrons. The van der Waals surface area contributed by atoms with Gasteiger partial charge in [0.25, 0.3) is 0 Å². The summed E-state index contributed by atoms with van der Waals surface area (Å²) in [6.45, 7) is 2.86. The molecular formula is C16H21NO6. The molecule has 1 fully saturated rings. The number of aliphatic carboxylic acids is 1. The number of methoxy groups -OCH3 is 1. The molecule has 0 aliphatic carbocycles. The normalized spacial score (nSPS) is 17.7. The van der Waals surface area contributed by atoms with Crippen LogP contribution in [0.1, 0.15) is 12.0 Å². The summed E-state index contributed by atoms with van der Waals surface area (Å²) >= 11 is 0. The largest absolute Gasteiger partial charge is 0.493 e. The van der Waals surface area contributed by atoms with Crippen LogP contribution >= 0.6 is 0 Å². The Morgan fingerprint density at radius 3 is 2.87 bits per heavy atom. The van der Waals surface area contributed by atoms with Crippen LogP contribution in [-0.4, -0.2) is 61.4 Å². The predicted molar refractivity (Wildman–Crippen MR) is 81.8 cm³/mol. The number of amides is 1. The molecule has 2 rings (SSSR count). The van der Waals surface area contributed by atoms with Crippen molar-refractivity contribution >= 4 is 11.9 Å². The number of carboxylic acids is 1. The number of morpholine rings is 1. The van der Waals surface area contributed by atoms with Gasteiger partial charge in [0.05, 0.1) is 33.3 Å². The van der Waals surface area contributed by atoms with Crippen LogP contribution in [-0.2, 0) is 14.3 Å². The molecule has 0 aromatic heterocycles. The van der Waals surface area contributed by atoms with E-state index in [4.69, 9.17) is 19.3 Å². The van der Waals surface area contributed by atoms with Crippen LogP contribution in [0.3, 0.4) is 0 Å². The monoisotopic (exact) mass is 323 g/mol. The molecule has 1 aromatic rings. The third kappa shape index (κ3) is 4.59. The Morgan fingerprint density at radius 1 is 1.39 bits per heavy atom. The summed E-state index contributed by atoms with van der Waals surface area (Å²) in [5, 5.41) is 8.94. The summed E-state index contributed by atoms with van der Waals surface area (Å²) in [5.74, 6) is -0.000164. The van der Waals surface area contributed by atoms with Crippen molar-refractivity contribution in [3.05, 3.63) is 23.8 Å². The summed E-state index contributed by atoms with van der Waals surface area (Å²) in [5.41, 5.74) is 1.05. The highest BCUT2D eigenvalue weighted by Crippen LogP contribution is 2.27. The maximum Gasteiger partial charge on any atom is 0.334 e. The zero-order valence-electron chi connectivity index (χ0n) is 13.3. The number of benzene rings is 1. The number of carbonyl (C=O) groups excluding carboxylic acids is 1. The molecule has 1 amide bonds. The number of nitrogens with zero attached hydrogens (tertiary/aromatic N) is 1. The molecule has 1 aromatic carbocycles. The van der Waals surface area contributed by atoms with Crippen molar-refractivity contribution < 1.29 is 28.9 Å². The third-order valence-corrected chi connectivity index (χ3v) is 3.59. The highest BCUT2D eigenvalue weighted by Gasteiger charge is 2.28. The van der Waals surface area contributed by atoms with Gasteiger partial charge in [0.1, 0.15) is 0 Å². The summed E-state index contributed by atoms with van der Waals surface area (Å²) in [6, 6.07) is 5.56. The van der Waals surface area contributed by atoms with E-state index >= 15 is 0 Å². The van der Waals surface area contributed by atoms with Crippen LogP contribution in [0.2, 0.25) is 0 Å². The minimum Gasteiger partial charge on any atom is -0.493 e. The van der Waals surface area contributed by atoms with E-state index in [0.717, 1.165) is 5.56 Å². The molecule has 1 N–H and O–H groups in total. The average molecular weight is 323 g/mol. The minimum absolute atomic E-state index is 0.0714. The van der Waals surface area contributed by atoms with Gasteiger partial charge in [-0.15, -0.1) is 0 Å². The first-order valence-electron chi connectivity index (χ1n) is 7.41. The molecule has 7 nitrogen and oxygen atoms in total. The number of carboxylic acid groups (broad SMARTS) is 1. The number of rotatable bonds is 6. The van der Waals surface area contributed by atoms with Crippen molar-refractivity contribution in [3.63, 3.8) is 0 Å². The summed E-state index contributed by atoms with van der Waals surface area (Å²) in [7, 11) is 1.56. The van der Waals surface area contributed by atoms with Crippen LogP contribution in [0.25, 0.3) is 0 Å². The van der Waals surface area contributed by atoms with Crippen molar-refractivity contribution in [2.75, 3.05) is 33.4 Å². The highest BCUT2D eigenvalue weighted by molar-refractivity contribution is 5.78. The van der Waals surface area contributed by atoms with Crippen molar-refractivity contribution in [2.24, 2.45) is 0 Å². The van der Waals surface area contributed by atoms with Crippen molar-refractivity contribution in [2.45, 2.75) is 19.4 Å². The van der Waals surface area contributed by atoms with Crippen LogP contribution in [0.4, 0.5) is 0 Å². The fourth-order valence-corrected chi connectivity index (χ4v) is 2.33. The molecule has 1 unspecified atom stereocenters. The van der Waals surface area contributed by atoms with Gasteiger partial charge in [0, 0.05) is 6.54 Å². The lowest BCUT2D eigenvalue weighted by atomic mass is 10.2. The Morgan fingerprint density at radius 2 is 2.17 bits per heavy atom. The first-order valence-corrected chi connectivity index (χ1v) is 7.41. The van der Waals surface area contributed by atoms with Gasteiger partial charge in [-0.2, -0.15) is 0 Å². The lowest BCUT2D eigenvalue weighted by molar-refractivity contribution is -0.159. The summed E-state index contributed by atoms with van der Waals surface area (Å²) in [4.78, 5) is 24.5. The van der Waals surface area contributed by atoms with E-state index in [0.29, 0.717) is 18.0 Å². The maximum absolute atomic E-state index is 12.1. The van der Waals surface area contributed by atoms with Crippen molar-refractivity contribution in [3.8, 4) is 11.5 Å². The lowest BCUT2D eigenvalue weighted by Gasteiger charge is -2.30. The second-order valence-corrected chi connectivity index (χ2v) is 5.29. The molecule has 23 heavy (non-hydrogen) atoms. The van der Waals surface area contributed by atoms with Crippen molar-refractivity contribution in [1.82, 2.24) is 4.90 Å². The molecule has 126 valence electrons. The molecule has 7 heteroatoms. The van der Waals surface area contributed by atoms with Gasteiger partial charge in [0.2, 0.25) is 5.91 Å². The second kappa shape index (κ2) is 7.82. The van der Waals surface area contributed by atoms with Gasteiger partial charge in [-0.3, -0.25) is 4.79 Å². The van der Waals surface area contributed by atoms with E-state index in [1.54, 1.807) is 13.2 Å². The first kappa shape index (κ1) is 17.1. The molecule has 1 heterocycles. The van der Waals surface area contributed by atoms with E-state index in [1.165, 1.54) is 4.90 Å². The number of carbonyl (C=O) groups is 2. The molecule has 0 saturated carbocycles. The van der Waals surface area contributed by atoms with Gasteiger partial charge >= 0.3 is 5.97 Å². The quantitative estimate of drug-likeness (QED) is 0.843. The Labute approximate surface area is 134 Å². The molecule has 0 spiro atoms. The van der Waals surface area contributed by atoms with Gasteiger partial charge in [-0.25, -0.2) is 4.79 Å². The van der Waals surface area contributed by atoms with E-state index < -0.39 is 12.1 Å². The smallest absolute Gasteiger partial charge is 0.334 e. The van der Waals surface area contributed by atoms with Crippen molar-refractivity contribution in [1.29, 1.82) is 0 Å². The Balaban J connectivity index is 1.84. The number of hydrogen-bond acceptors (Lipinski definition) is 5. The zero-order chi connectivity index (χ0) is 16.8. The Kier molecular flexibility index (Phi) is 5.81. The van der Waals surface area contributed by atoms with E-state index in [-0.39, 0.29) is 32.1 Å². The first-order chi connectivity index (χ1) is 11.0. The van der Waals surface area contributed by atoms with E-state index in [9.17, 15) is 9.59 Å². The number of aryl methyl sites for hydroxylation is 1. The van der Waals surface area contributed by atoms with Gasteiger partial charge in [-0.05, 0) is 24.6 Å². The van der Waals surface area contributed by atoms with Crippen LogP contribution in [0.5, 0.6) is 11.5 Å². The molecule has 1 atom stereocenters. The molecular weight excluding hydrogens is 302 g/mol. The molecule has 1 saturated heterocycles. The fourth-order valence-electron chi connectivity index (χ4n) is 2.33. The van der Waals surface area contributed by atoms with Crippen LogP contribution < -0.4 is 9.47 Å². The van der Waals surface area contributed by atoms with Gasteiger partial charge in [0.15, 0.2) is 17.6 Å². The standard InChI is InChI=1S/C16H21NO6/c1-11-3-4-12(13(9-11)21-2)22-7-5-15(18)17-6-8-23-14(10-17)16(19)20/h3-4,9,14H,5-8,10H2,1-2H3,(H,19,20). The lowest BCUT2D eigenvalue weighted by Crippen LogP contribution is -2.48. The Bertz CT molecular complexity index is 574. The minimum atomic E-state index is -1.05. The third-order valence-electron chi connectivity index (χ3n) is 3.59. The highest BCUT2D eigenvalue weighted by atomic mass is 16.5. The predicted octanol–water partition coefficient (Wildman–Crippen LogP) is 1.08. The zero-order valence-corrected chi connectivity index (χ0v) is 13.3. The molecule has 1 aliphatic heterocycles. The second-order valence-electron chi connectivity index (χ2n) is 5.29. The van der Waals surface area contributed by atoms with E-state index in [1.807, 2.05) is 19.1 Å². The van der Waals surface area contributed by atoms with Gasteiger partial charge in [-0.1, -0.05) is 6.07 Å². The number of ether oxygens (including phenoxy) is 3. The topological polar surface area (TPSA) is 85.3 Å². The Hall–Kier alpha value is -2.28. The summed E-state index contributed by atoms with van der Waals surface area (Å²) in [6.07, 6.45) is -0.783. The van der Waals surface area contributed by atoms with Gasteiger partial charge < -0.3 is 24.2 Å². The number of hydrogen-bond donors (Lipinski definition) is 1. The molecule has 1 aliphatic rings. The fraction of sp³-hybridized carbons (Fsp3) is 0.500. The molecule has 0 bridgehead atoms.